The van der Waals surface area contributed by atoms with E-state index in [2.05, 4.69) is 22.4 Å². The quantitative estimate of drug-likeness (QED) is 0.452. The Morgan fingerprint density at radius 3 is 2.69 bits per heavy atom. The van der Waals surface area contributed by atoms with Gasteiger partial charge in [-0.05, 0) is 49.4 Å². The monoisotopic (exact) mass is 452 g/mol. The number of unbranched alkanes of at least 4 members (excludes halogenated alkanes) is 1. The van der Waals surface area contributed by atoms with Crippen molar-refractivity contribution < 1.29 is 13.7 Å². The number of halogens is 1. The van der Waals surface area contributed by atoms with Crippen molar-refractivity contribution in [1.29, 1.82) is 0 Å². The van der Waals surface area contributed by atoms with Gasteiger partial charge in [0.25, 0.3) is 5.89 Å². The van der Waals surface area contributed by atoms with Gasteiger partial charge in [0.15, 0.2) is 0 Å². The van der Waals surface area contributed by atoms with Crippen molar-refractivity contribution >= 4 is 23.4 Å². The molecule has 2 amide bonds. The molecular weight excluding hydrogens is 427 g/mol. The highest BCUT2D eigenvalue weighted by molar-refractivity contribution is 7.98. The van der Waals surface area contributed by atoms with Gasteiger partial charge >= 0.3 is 6.03 Å². The smallest absolute Gasteiger partial charge is 0.322 e. The van der Waals surface area contributed by atoms with Gasteiger partial charge in [0.2, 0.25) is 5.82 Å². The number of thioether (sulfide) groups is 1. The normalized spacial score (nSPS) is 16.4. The largest absolute Gasteiger partial charge is 0.334 e. The van der Waals surface area contributed by atoms with Gasteiger partial charge in [0.1, 0.15) is 5.82 Å². The third-order valence-electron chi connectivity index (χ3n) is 5.52. The summed E-state index contributed by atoms with van der Waals surface area (Å²) in [7, 11) is 0. The molecule has 0 fully saturated rings. The standard InChI is InChI=1S/C24H25FN4O2S/c1-4-5-13-29-15(2)20(21(26-24(29)30)16-9-11-19(32-3)12-10-16)23-27-22(28-31-23)17-7-6-8-18(25)14-17/h6-12,14,21H,4-5,13H2,1-3H3,(H,26,30). The van der Waals surface area contributed by atoms with Crippen LogP contribution in [0.5, 0.6) is 0 Å². The molecule has 1 unspecified atom stereocenters. The third kappa shape index (κ3) is 4.41. The minimum absolute atomic E-state index is 0.150. The Morgan fingerprint density at radius 2 is 2.00 bits per heavy atom. The van der Waals surface area contributed by atoms with Gasteiger partial charge in [-0.1, -0.05) is 42.8 Å². The average molecular weight is 453 g/mol. The lowest BCUT2D eigenvalue weighted by Crippen LogP contribution is -2.46. The first kappa shape index (κ1) is 22.1. The van der Waals surface area contributed by atoms with E-state index in [1.54, 1.807) is 28.8 Å². The molecule has 1 aliphatic heterocycles. The lowest BCUT2D eigenvalue weighted by molar-refractivity contribution is 0.204. The maximum Gasteiger partial charge on any atom is 0.322 e. The number of nitrogens with zero attached hydrogens (tertiary/aromatic N) is 3. The van der Waals surface area contributed by atoms with E-state index >= 15 is 0 Å². The number of allylic oxidation sites excluding steroid dienone is 1. The van der Waals surface area contributed by atoms with Crippen LogP contribution < -0.4 is 5.32 Å². The van der Waals surface area contributed by atoms with Crippen molar-refractivity contribution in [3.05, 3.63) is 71.5 Å². The average Bonchev–Trinajstić information content (AvgIpc) is 3.28. The Balaban J connectivity index is 1.79. The fourth-order valence-corrected chi connectivity index (χ4v) is 4.18. The number of amides is 2. The number of urea groups is 1. The Kier molecular flexibility index (Phi) is 6.60. The van der Waals surface area contributed by atoms with Crippen LogP contribution in [0.3, 0.4) is 0 Å². The SMILES string of the molecule is CCCCN1C(=O)NC(c2ccc(SC)cc2)C(c2nc(-c3cccc(F)c3)no2)=C1C. The highest BCUT2D eigenvalue weighted by Crippen LogP contribution is 2.37. The number of carbonyl (C=O) groups excluding carboxylic acids is 1. The molecule has 4 rings (SSSR count). The summed E-state index contributed by atoms with van der Waals surface area (Å²) in [5, 5.41) is 7.18. The van der Waals surface area contributed by atoms with E-state index in [9.17, 15) is 9.18 Å². The summed E-state index contributed by atoms with van der Waals surface area (Å²) in [5.74, 6) is 0.238. The van der Waals surface area contributed by atoms with Crippen LogP contribution in [0.2, 0.25) is 0 Å². The second-order valence-corrected chi connectivity index (χ2v) is 8.47. The Morgan fingerprint density at radius 1 is 1.22 bits per heavy atom. The summed E-state index contributed by atoms with van der Waals surface area (Å²) in [5.41, 5.74) is 2.97. The molecule has 1 atom stereocenters. The van der Waals surface area contributed by atoms with Crippen LogP contribution in [0, 0.1) is 5.82 Å². The van der Waals surface area contributed by atoms with Crippen molar-refractivity contribution in [2.75, 3.05) is 12.8 Å². The van der Waals surface area contributed by atoms with Crippen molar-refractivity contribution in [3.8, 4) is 11.4 Å². The molecule has 166 valence electrons. The van der Waals surface area contributed by atoms with Gasteiger partial charge in [-0.15, -0.1) is 11.8 Å². The fourth-order valence-electron chi connectivity index (χ4n) is 3.77. The third-order valence-corrected chi connectivity index (χ3v) is 6.26. The van der Waals surface area contributed by atoms with Crippen LogP contribution in [-0.4, -0.2) is 33.9 Å². The first-order chi connectivity index (χ1) is 15.5. The van der Waals surface area contributed by atoms with E-state index in [4.69, 9.17) is 4.52 Å². The summed E-state index contributed by atoms with van der Waals surface area (Å²) in [6, 6.07) is 13.5. The minimum atomic E-state index is -0.433. The number of carbonyl (C=O) groups is 1. The lowest BCUT2D eigenvalue weighted by atomic mass is 9.94. The molecule has 0 aliphatic carbocycles. The zero-order chi connectivity index (χ0) is 22.7. The van der Waals surface area contributed by atoms with Crippen molar-refractivity contribution in [3.63, 3.8) is 0 Å². The van der Waals surface area contributed by atoms with Gasteiger partial charge in [0.05, 0.1) is 11.6 Å². The zero-order valence-corrected chi connectivity index (χ0v) is 19.1. The number of hydrogen-bond donors (Lipinski definition) is 1. The van der Waals surface area contributed by atoms with Gasteiger partial charge in [-0.2, -0.15) is 4.98 Å². The number of nitrogens with one attached hydrogen (secondary N) is 1. The van der Waals surface area contributed by atoms with Crippen molar-refractivity contribution in [1.82, 2.24) is 20.4 Å². The maximum atomic E-state index is 13.7. The molecule has 2 aromatic carbocycles. The molecule has 8 heteroatoms. The van der Waals surface area contributed by atoms with Crippen LogP contribution in [0.1, 0.15) is 44.2 Å². The highest BCUT2D eigenvalue weighted by Gasteiger charge is 2.35. The predicted molar refractivity (Wildman–Crippen MR) is 123 cm³/mol. The molecule has 2 heterocycles. The van der Waals surface area contributed by atoms with Crippen LogP contribution in [-0.2, 0) is 0 Å². The van der Waals surface area contributed by atoms with E-state index in [0.29, 0.717) is 23.8 Å². The maximum absolute atomic E-state index is 13.7. The first-order valence-electron chi connectivity index (χ1n) is 10.5. The zero-order valence-electron chi connectivity index (χ0n) is 18.3. The predicted octanol–water partition coefficient (Wildman–Crippen LogP) is 5.90. The number of rotatable bonds is 7. The molecule has 3 aromatic rings. The Bertz CT molecular complexity index is 1140. The van der Waals surface area contributed by atoms with E-state index in [1.807, 2.05) is 37.4 Å². The Hall–Kier alpha value is -3.13. The minimum Gasteiger partial charge on any atom is -0.334 e. The van der Waals surface area contributed by atoms with Crippen LogP contribution >= 0.6 is 11.8 Å². The molecule has 1 aliphatic rings. The van der Waals surface area contributed by atoms with Crippen LogP contribution in [0.25, 0.3) is 17.0 Å². The van der Waals surface area contributed by atoms with E-state index in [0.717, 1.165) is 34.6 Å². The summed E-state index contributed by atoms with van der Waals surface area (Å²) in [6.45, 7) is 4.58. The van der Waals surface area contributed by atoms with Crippen LogP contribution in [0.4, 0.5) is 9.18 Å². The molecule has 6 nitrogen and oxygen atoms in total. The first-order valence-corrected chi connectivity index (χ1v) is 11.8. The lowest BCUT2D eigenvalue weighted by Gasteiger charge is -2.35. The molecule has 0 radical (unpaired) electrons. The van der Waals surface area contributed by atoms with Crippen LogP contribution in [0.15, 0.2) is 63.6 Å². The topological polar surface area (TPSA) is 71.3 Å². The molecule has 32 heavy (non-hydrogen) atoms. The summed E-state index contributed by atoms with van der Waals surface area (Å²) in [4.78, 5) is 20.3. The number of hydrogen-bond acceptors (Lipinski definition) is 5. The molecule has 0 spiro atoms. The van der Waals surface area contributed by atoms with Crippen molar-refractivity contribution in [2.45, 2.75) is 37.6 Å². The highest BCUT2D eigenvalue weighted by atomic mass is 32.2. The summed E-state index contributed by atoms with van der Waals surface area (Å²) >= 11 is 1.65. The second kappa shape index (κ2) is 9.56. The Labute approximate surface area is 190 Å². The van der Waals surface area contributed by atoms with E-state index in [-0.39, 0.29) is 11.8 Å². The van der Waals surface area contributed by atoms with Gasteiger partial charge in [-0.3, -0.25) is 4.90 Å². The molecule has 1 N–H and O–H groups in total. The molecular formula is C24H25FN4O2S. The molecule has 1 aromatic heterocycles. The fraction of sp³-hybridized carbons (Fsp3) is 0.292. The van der Waals surface area contributed by atoms with Gasteiger partial charge in [0, 0.05) is 22.7 Å². The second-order valence-electron chi connectivity index (χ2n) is 7.59. The van der Waals surface area contributed by atoms with Gasteiger partial charge < -0.3 is 9.84 Å². The molecule has 0 bridgehead atoms. The summed E-state index contributed by atoms with van der Waals surface area (Å²) < 4.78 is 19.3. The molecule has 0 saturated carbocycles. The summed E-state index contributed by atoms with van der Waals surface area (Å²) in [6.07, 6.45) is 3.87. The number of aromatic nitrogens is 2. The van der Waals surface area contributed by atoms with Crippen molar-refractivity contribution in [2.24, 2.45) is 0 Å². The molecule has 0 saturated heterocycles. The number of benzene rings is 2. The van der Waals surface area contributed by atoms with E-state index in [1.165, 1.54) is 12.1 Å². The van der Waals surface area contributed by atoms with Gasteiger partial charge in [-0.25, -0.2) is 9.18 Å². The van der Waals surface area contributed by atoms with E-state index < -0.39 is 6.04 Å².